The van der Waals surface area contributed by atoms with E-state index in [2.05, 4.69) is 13.2 Å². The lowest BCUT2D eigenvalue weighted by atomic mass is 10.0. The number of ether oxygens (including phenoxy) is 2. The Hall–Kier alpha value is -1.50. The van der Waals surface area contributed by atoms with Gasteiger partial charge in [0, 0.05) is 19.6 Å². The second-order valence-corrected chi connectivity index (χ2v) is 5.99. The smallest absolute Gasteiger partial charge is 0.114 e. The lowest BCUT2D eigenvalue weighted by molar-refractivity contribution is -0.136. The van der Waals surface area contributed by atoms with E-state index in [1.54, 1.807) is 12.2 Å². The van der Waals surface area contributed by atoms with E-state index in [0.717, 1.165) is 5.56 Å². The van der Waals surface area contributed by atoms with Crippen LogP contribution in [0.5, 0.6) is 0 Å². The second-order valence-electron chi connectivity index (χ2n) is 5.99. The number of hydrogen-bond donors (Lipinski definition) is 2. The number of rotatable bonds is 8. The van der Waals surface area contributed by atoms with Crippen LogP contribution in [0.3, 0.4) is 0 Å². The molecule has 2 N–H and O–H groups in total. The van der Waals surface area contributed by atoms with Crippen LogP contribution >= 0.6 is 0 Å². The first-order valence-corrected chi connectivity index (χ1v) is 8.23. The maximum absolute atomic E-state index is 10.6. The van der Waals surface area contributed by atoms with E-state index in [0.29, 0.717) is 32.8 Å². The molecule has 1 aliphatic rings. The zero-order chi connectivity index (χ0) is 17.4. The molecule has 0 radical (unpaired) electrons. The fraction of sp³-hybridized carbons (Fsp3) is 0.474. The van der Waals surface area contributed by atoms with Crippen molar-refractivity contribution >= 4 is 0 Å². The van der Waals surface area contributed by atoms with Gasteiger partial charge in [-0.25, -0.2) is 0 Å². The molecule has 0 spiro atoms. The van der Waals surface area contributed by atoms with E-state index in [1.165, 1.54) is 0 Å². The predicted molar refractivity (Wildman–Crippen MR) is 93.6 cm³/mol. The van der Waals surface area contributed by atoms with Crippen LogP contribution in [0.2, 0.25) is 0 Å². The number of hydrogen-bond acceptors (Lipinski definition) is 5. The van der Waals surface area contributed by atoms with Crippen LogP contribution in [0, 0.1) is 0 Å². The first-order valence-electron chi connectivity index (χ1n) is 8.23. The molecule has 0 aromatic heterocycles. The van der Waals surface area contributed by atoms with Crippen molar-refractivity contribution in [2.45, 2.75) is 31.0 Å². The Kier molecular flexibility index (Phi) is 7.62. The average Bonchev–Trinajstić information content (AvgIpc) is 2.68. The summed E-state index contributed by atoms with van der Waals surface area (Å²) in [7, 11) is 0. The Morgan fingerprint density at radius 1 is 0.958 bits per heavy atom. The van der Waals surface area contributed by atoms with Gasteiger partial charge >= 0.3 is 0 Å². The summed E-state index contributed by atoms with van der Waals surface area (Å²) in [4.78, 5) is 2.02. The molecule has 1 fully saturated rings. The number of aliphatic hydroxyl groups excluding tert-OH is 2. The number of β-amino-alcohol motifs (C(OH)–C–C–N with tert-alkyl or cyclic N) is 2. The van der Waals surface area contributed by atoms with Crippen molar-refractivity contribution in [3.05, 3.63) is 61.2 Å². The highest BCUT2D eigenvalue weighted by atomic mass is 16.6. The number of benzene rings is 1. The van der Waals surface area contributed by atoms with Gasteiger partial charge in [-0.3, -0.25) is 4.90 Å². The summed E-state index contributed by atoms with van der Waals surface area (Å²) in [6.07, 6.45) is 0.491. The van der Waals surface area contributed by atoms with Crippen molar-refractivity contribution in [2.75, 3.05) is 26.3 Å². The summed E-state index contributed by atoms with van der Waals surface area (Å²) in [5, 5.41) is 21.2. The van der Waals surface area contributed by atoms with Crippen LogP contribution in [-0.2, 0) is 16.0 Å². The standard InChI is InChI=1S/C19H27NO4/c1-3-10-23-18-16(21)13-20(12-15-8-6-5-7-9-15)14-17(22)19(18)24-11-4-2/h3-9,16-19,21-22H,1-2,10-14H2/t16-,17-,18-,19+/m0/s1. The monoisotopic (exact) mass is 333 g/mol. The van der Waals surface area contributed by atoms with Gasteiger partial charge in [-0.1, -0.05) is 42.5 Å². The van der Waals surface area contributed by atoms with Crippen LogP contribution in [0.25, 0.3) is 0 Å². The molecule has 1 aromatic rings. The first kappa shape index (κ1) is 18.8. The molecule has 1 aromatic carbocycles. The summed E-state index contributed by atoms with van der Waals surface area (Å²) in [5.41, 5.74) is 1.13. The van der Waals surface area contributed by atoms with Gasteiger partial charge in [-0.15, -0.1) is 13.2 Å². The summed E-state index contributed by atoms with van der Waals surface area (Å²) >= 11 is 0. The lowest BCUT2D eigenvalue weighted by Crippen LogP contribution is -2.47. The van der Waals surface area contributed by atoms with Crippen LogP contribution in [0.4, 0.5) is 0 Å². The van der Waals surface area contributed by atoms with Crippen molar-refractivity contribution in [3.63, 3.8) is 0 Å². The van der Waals surface area contributed by atoms with Crippen molar-refractivity contribution in [1.29, 1.82) is 0 Å². The Balaban J connectivity index is 2.11. The van der Waals surface area contributed by atoms with Crippen LogP contribution in [0.15, 0.2) is 55.6 Å². The Labute approximate surface area is 143 Å². The minimum absolute atomic E-state index is 0.293. The van der Waals surface area contributed by atoms with E-state index in [1.807, 2.05) is 35.2 Å². The van der Waals surface area contributed by atoms with Gasteiger partial charge in [0.25, 0.3) is 0 Å². The van der Waals surface area contributed by atoms with Gasteiger partial charge < -0.3 is 19.7 Å². The summed E-state index contributed by atoms with van der Waals surface area (Å²) in [6.45, 7) is 9.31. The molecule has 1 aliphatic heterocycles. The lowest BCUT2D eigenvalue weighted by Gasteiger charge is -2.30. The topological polar surface area (TPSA) is 62.2 Å². The predicted octanol–water partition coefficient (Wildman–Crippen LogP) is 1.37. The molecule has 0 amide bonds. The number of likely N-dealkylation sites (tertiary alicyclic amines) is 1. The molecule has 4 atom stereocenters. The molecule has 5 heteroatoms. The highest BCUT2D eigenvalue weighted by Crippen LogP contribution is 2.21. The van der Waals surface area contributed by atoms with Gasteiger partial charge in [0.15, 0.2) is 0 Å². The molecule has 0 unspecified atom stereocenters. The summed E-state index contributed by atoms with van der Waals surface area (Å²) in [6, 6.07) is 9.98. The fourth-order valence-corrected chi connectivity index (χ4v) is 2.99. The molecule has 24 heavy (non-hydrogen) atoms. The molecule has 1 heterocycles. The normalized spacial score (nSPS) is 28.2. The van der Waals surface area contributed by atoms with Crippen molar-refractivity contribution in [3.8, 4) is 0 Å². The minimum atomic E-state index is -0.763. The summed E-state index contributed by atoms with van der Waals surface area (Å²) in [5.74, 6) is 0. The summed E-state index contributed by atoms with van der Waals surface area (Å²) < 4.78 is 11.4. The zero-order valence-corrected chi connectivity index (χ0v) is 14.0. The number of aliphatic hydroxyl groups is 2. The molecule has 1 saturated heterocycles. The fourth-order valence-electron chi connectivity index (χ4n) is 2.99. The van der Waals surface area contributed by atoms with Gasteiger partial charge in [-0.05, 0) is 5.56 Å². The molecule has 0 bridgehead atoms. The minimum Gasteiger partial charge on any atom is -0.389 e. The number of nitrogens with zero attached hydrogens (tertiary/aromatic N) is 1. The van der Waals surface area contributed by atoms with Gasteiger partial charge in [-0.2, -0.15) is 0 Å². The Morgan fingerprint density at radius 3 is 1.92 bits per heavy atom. The van der Waals surface area contributed by atoms with E-state index in [-0.39, 0.29) is 0 Å². The molecule has 2 rings (SSSR count). The highest BCUT2D eigenvalue weighted by Gasteiger charge is 2.39. The largest absolute Gasteiger partial charge is 0.389 e. The van der Waals surface area contributed by atoms with E-state index in [4.69, 9.17) is 9.47 Å². The Morgan fingerprint density at radius 2 is 1.46 bits per heavy atom. The highest BCUT2D eigenvalue weighted by molar-refractivity contribution is 5.14. The first-order chi connectivity index (χ1) is 11.7. The maximum Gasteiger partial charge on any atom is 0.114 e. The third kappa shape index (κ3) is 5.26. The third-order valence-corrected chi connectivity index (χ3v) is 4.03. The van der Waals surface area contributed by atoms with Gasteiger partial charge in [0.05, 0.1) is 25.4 Å². The van der Waals surface area contributed by atoms with Crippen LogP contribution in [-0.4, -0.2) is 65.8 Å². The third-order valence-electron chi connectivity index (χ3n) is 4.03. The molecule has 5 nitrogen and oxygen atoms in total. The van der Waals surface area contributed by atoms with Gasteiger partial charge in [0.2, 0.25) is 0 Å². The van der Waals surface area contributed by atoms with Crippen molar-refractivity contribution in [2.24, 2.45) is 0 Å². The van der Waals surface area contributed by atoms with Crippen LogP contribution in [0.1, 0.15) is 5.56 Å². The molecular formula is C19H27NO4. The van der Waals surface area contributed by atoms with Crippen molar-refractivity contribution < 1.29 is 19.7 Å². The van der Waals surface area contributed by atoms with Crippen molar-refractivity contribution in [1.82, 2.24) is 4.90 Å². The molecular weight excluding hydrogens is 306 g/mol. The quantitative estimate of drug-likeness (QED) is 0.704. The van der Waals surface area contributed by atoms with E-state index < -0.39 is 24.4 Å². The maximum atomic E-state index is 10.6. The molecule has 0 saturated carbocycles. The van der Waals surface area contributed by atoms with Gasteiger partial charge in [0.1, 0.15) is 12.2 Å². The average molecular weight is 333 g/mol. The SMILES string of the molecule is C=CCO[C@@H]1[C@H](OCC=C)[C@@H](O)CN(Cc2ccccc2)C[C@@H]1O. The van der Waals surface area contributed by atoms with Crippen LogP contribution < -0.4 is 0 Å². The molecule has 132 valence electrons. The zero-order valence-electron chi connectivity index (χ0n) is 14.0. The molecule has 0 aliphatic carbocycles. The second kappa shape index (κ2) is 9.71. The van der Waals surface area contributed by atoms with E-state index >= 15 is 0 Å². The Bertz CT molecular complexity index is 481. The van der Waals surface area contributed by atoms with E-state index in [9.17, 15) is 10.2 Å².